The van der Waals surface area contributed by atoms with E-state index in [-0.39, 0.29) is 10.8 Å². The van der Waals surface area contributed by atoms with Crippen molar-refractivity contribution < 1.29 is 9.59 Å². The molecule has 154 valence electrons. The molecule has 0 aliphatic heterocycles. The SMILES string of the molecule is Cc1nc(C(=O)NNC(=S)NC(=O)c2cc(-c3ccccc3)nc3ccccc23)cs1. The highest BCUT2D eigenvalue weighted by Crippen LogP contribution is 2.24. The molecule has 4 aromatic rings. The third-order valence-corrected chi connectivity index (χ3v) is 5.38. The number of nitrogens with zero attached hydrogens (tertiary/aromatic N) is 2. The van der Waals surface area contributed by atoms with E-state index in [2.05, 4.69) is 26.1 Å². The summed E-state index contributed by atoms with van der Waals surface area (Å²) in [4.78, 5) is 33.8. The molecular formula is C22H17N5O2S2. The number of carbonyl (C=O) groups is 2. The van der Waals surface area contributed by atoms with E-state index in [4.69, 9.17) is 12.2 Å². The van der Waals surface area contributed by atoms with Gasteiger partial charge in [0.15, 0.2) is 5.11 Å². The third-order valence-electron chi connectivity index (χ3n) is 4.40. The van der Waals surface area contributed by atoms with Crippen LogP contribution in [-0.2, 0) is 0 Å². The second-order valence-electron chi connectivity index (χ2n) is 6.55. The normalized spacial score (nSPS) is 10.5. The zero-order chi connectivity index (χ0) is 21.8. The number of rotatable bonds is 3. The van der Waals surface area contributed by atoms with Crippen LogP contribution >= 0.6 is 23.6 Å². The molecule has 0 saturated carbocycles. The molecular weight excluding hydrogens is 430 g/mol. The average molecular weight is 448 g/mol. The fourth-order valence-corrected chi connectivity index (χ4v) is 3.70. The van der Waals surface area contributed by atoms with Gasteiger partial charge in [0.2, 0.25) is 0 Å². The van der Waals surface area contributed by atoms with Crippen molar-refractivity contribution in [1.82, 2.24) is 26.1 Å². The smallest absolute Gasteiger partial charge is 0.289 e. The molecule has 2 aromatic carbocycles. The minimum absolute atomic E-state index is 0.0348. The Balaban J connectivity index is 1.53. The molecule has 0 radical (unpaired) electrons. The van der Waals surface area contributed by atoms with Crippen LogP contribution in [0, 0.1) is 6.92 Å². The van der Waals surface area contributed by atoms with Gasteiger partial charge in [0.05, 0.1) is 21.8 Å². The van der Waals surface area contributed by atoms with Crippen LogP contribution in [0.5, 0.6) is 0 Å². The molecule has 0 unspecified atom stereocenters. The molecule has 2 heterocycles. The van der Waals surface area contributed by atoms with Crippen LogP contribution in [-0.4, -0.2) is 26.9 Å². The number of hydrazine groups is 1. The lowest BCUT2D eigenvalue weighted by Gasteiger charge is -2.12. The van der Waals surface area contributed by atoms with Crippen LogP contribution in [0.15, 0.2) is 66.0 Å². The zero-order valence-corrected chi connectivity index (χ0v) is 18.0. The molecule has 0 bridgehead atoms. The predicted molar refractivity (Wildman–Crippen MR) is 125 cm³/mol. The van der Waals surface area contributed by atoms with Gasteiger partial charge in [-0.05, 0) is 31.3 Å². The van der Waals surface area contributed by atoms with E-state index in [1.54, 1.807) is 11.4 Å². The summed E-state index contributed by atoms with van der Waals surface area (Å²) >= 11 is 6.53. The van der Waals surface area contributed by atoms with E-state index in [0.29, 0.717) is 22.2 Å². The maximum Gasteiger partial charge on any atom is 0.289 e. The molecule has 0 spiro atoms. The van der Waals surface area contributed by atoms with Gasteiger partial charge in [-0.2, -0.15) is 0 Å². The highest BCUT2D eigenvalue weighted by molar-refractivity contribution is 7.80. The van der Waals surface area contributed by atoms with Crippen molar-refractivity contribution in [3.05, 3.63) is 82.3 Å². The largest absolute Gasteiger partial charge is 0.298 e. The Morgan fingerprint density at radius 2 is 1.68 bits per heavy atom. The first-order valence-electron chi connectivity index (χ1n) is 9.30. The first kappa shape index (κ1) is 20.6. The van der Waals surface area contributed by atoms with E-state index < -0.39 is 11.8 Å². The van der Waals surface area contributed by atoms with Crippen molar-refractivity contribution in [1.29, 1.82) is 0 Å². The van der Waals surface area contributed by atoms with Crippen molar-refractivity contribution >= 4 is 51.4 Å². The lowest BCUT2D eigenvalue weighted by molar-refractivity contribution is 0.0931. The number of aromatic nitrogens is 2. The van der Waals surface area contributed by atoms with Gasteiger partial charge in [-0.25, -0.2) is 9.97 Å². The number of fused-ring (bicyclic) bond motifs is 1. The number of thiocarbonyl (C=S) groups is 1. The minimum atomic E-state index is -0.443. The number of nitrogens with one attached hydrogen (secondary N) is 3. The fraction of sp³-hybridized carbons (Fsp3) is 0.0455. The summed E-state index contributed by atoms with van der Waals surface area (Å²) in [6.07, 6.45) is 0. The van der Waals surface area contributed by atoms with Crippen LogP contribution in [0.2, 0.25) is 0 Å². The van der Waals surface area contributed by atoms with Crippen molar-refractivity contribution in [2.45, 2.75) is 6.92 Å². The van der Waals surface area contributed by atoms with E-state index in [1.807, 2.05) is 61.5 Å². The molecule has 2 amide bonds. The van der Waals surface area contributed by atoms with Gasteiger partial charge in [0.25, 0.3) is 11.8 Å². The molecule has 7 nitrogen and oxygen atoms in total. The number of para-hydroxylation sites is 1. The quantitative estimate of drug-likeness (QED) is 0.328. The second kappa shape index (κ2) is 8.99. The molecule has 0 atom stereocenters. The molecule has 0 fully saturated rings. The van der Waals surface area contributed by atoms with Crippen LogP contribution < -0.4 is 16.2 Å². The number of aryl methyl sites for hydroxylation is 1. The summed E-state index contributed by atoms with van der Waals surface area (Å²) in [6, 6.07) is 18.7. The maximum absolute atomic E-state index is 13.0. The van der Waals surface area contributed by atoms with Gasteiger partial charge in [-0.15, -0.1) is 11.3 Å². The van der Waals surface area contributed by atoms with Gasteiger partial charge in [-0.1, -0.05) is 48.5 Å². The van der Waals surface area contributed by atoms with Crippen molar-refractivity contribution in [2.24, 2.45) is 0 Å². The summed E-state index contributed by atoms with van der Waals surface area (Å²) in [6.45, 7) is 1.81. The summed E-state index contributed by atoms with van der Waals surface area (Å²) in [5, 5.41) is 5.68. The predicted octanol–water partition coefficient (Wildman–Crippen LogP) is 3.62. The zero-order valence-electron chi connectivity index (χ0n) is 16.4. The Morgan fingerprint density at radius 3 is 2.42 bits per heavy atom. The van der Waals surface area contributed by atoms with Crippen molar-refractivity contribution in [3.63, 3.8) is 0 Å². The summed E-state index contributed by atoms with van der Waals surface area (Å²) < 4.78 is 0. The van der Waals surface area contributed by atoms with Gasteiger partial charge in [-0.3, -0.25) is 25.8 Å². The molecule has 9 heteroatoms. The Morgan fingerprint density at radius 1 is 0.935 bits per heavy atom. The molecule has 31 heavy (non-hydrogen) atoms. The standard InChI is InChI=1S/C22H17N5O2S2/c1-13-23-19(12-31-13)21(29)26-27-22(30)25-20(28)16-11-18(14-7-3-2-4-8-14)24-17-10-6-5-9-15(16)17/h2-12H,1H3,(H,26,29)(H2,25,27,28,30). The third kappa shape index (κ3) is 4.73. The first-order valence-corrected chi connectivity index (χ1v) is 10.6. The summed E-state index contributed by atoms with van der Waals surface area (Å²) in [5.41, 5.74) is 7.93. The van der Waals surface area contributed by atoms with Gasteiger partial charge >= 0.3 is 0 Å². The van der Waals surface area contributed by atoms with Crippen LogP contribution in [0.4, 0.5) is 0 Å². The molecule has 4 rings (SSSR count). The first-order chi connectivity index (χ1) is 15.0. The van der Waals surface area contributed by atoms with Crippen LogP contribution in [0.1, 0.15) is 25.9 Å². The number of thiazole rings is 1. The van der Waals surface area contributed by atoms with E-state index in [1.165, 1.54) is 11.3 Å². The Bertz CT molecular complexity index is 1290. The number of hydrogen-bond acceptors (Lipinski definition) is 6. The number of carbonyl (C=O) groups excluding carboxylic acids is 2. The molecule has 3 N–H and O–H groups in total. The number of benzene rings is 2. The minimum Gasteiger partial charge on any atom is -0.298 e. The van der Waals surface area contributed by atoms with Crippen LogP contribution in [0.25, 0.3) is 22.2 Å². The monoisotopic (exact) mass is 447 g/mol. The fourth-order valence-electron chi connectivity index (χ4n) is 2.97. The lowest BCUT2D eigenvalue weighted by atomic mass is 10.0. The van der Waals surface area contributed by atoms with Crippen LogP contribution in [0.3, 0.4) is 0 Å². The summed E-state index contributed by atoms with van der Waals surface area (Å²) in [5.74, 6) is -0.853. The topological polar surface area (TPSA) is 96.0 Å². The maximum atomic E-state index is 13.0. The van der Waals surface area contributed by atoms with Gasteiger partial charge in [0, 0.05) is 16.3 Å². The Hall–Kier alpha value is -3.69. The number of amides is 2. The van der Waals surface area contributed by atoms with E-state index in [0.717, 1.165) is 10.6 Å². The highest BCUT2D eigenvalue weighted by atomic mass is 32.1. The summed E-state index contributed by atoms with van der Waals surface area (Å²) in [7, 11) is 0. The Kier molecular flexibility index (Phi) is 5.96. The molecule has 0 aliphatic carbocycles. The van der Waals surface area contributed by atoms with Crippen molar-refractivity contribution in [2.75, 3.05) is 0 Å². The lowest BCUT2D eigenvalue weighted by Crippen LogP contribution is -2.48. The molecule has 0 saturated heterocycles. The van der Waals surface area contributed by atoms with Gasteiger partial charge in [0.1, 0.15) is 5.69 Å². The van der Waals surface area contributed by atoms with E-state index >= 15 is 0 Å². The second-order valence-corrected chi connectivity index (χ2v) is 8.02. The van der Waals surface area contributed by atoms with Crippen molar-refractivity contribution in [3.8, 4) is 11.3 Å². The highest BCUT2D eigenvalue weighted by Gasteiger charge is 2.16. The van der Waals surface area contributed by atoms with E-state index in [9.17, 15) is 9.59 Å². The van der Waals surface area contributed by atoms with Gasteiger partial charge < -0.3 is 0 Å². The Labute approximate surface area is 187 Å². The molecule has 2 aromatic heterocycles. The number of hydrogen-bond donors (Lipinski definition) is 3. The molecule has 0 aliphatic rings. The number of pyridine rings is 1. The average Bonchev–Trinajstić information content (AvgIpc) is 3.23.